The van der Waals surface area contributed by atoms with Crippen molar-refractivity contribution in [1.29, 1.82) is 5.26 Å². The van der Waals surface area contributed by atoms with Crippen LogP contribution >= 0.6 is 11.3 Å². The molecule has 7 nitrogen and oxygen atoms in total. The van der Waals surface area contributed by atoms with Gasteiger partial charge in [0.1, 0.15) is 15.3 Å². The van der Waals surface area contributed by atoms with Crippen LogP contribution in [0.15, 0.2) is 29.1 Å². The van der Waals surface area contributed by atoms with Crippen molar-refractivity contribution in [1.82, 2.24) is 14.8 Å². The third-order valence-electron chi connectivity index (χ3n) is 5.56. The van der Waals surface area contributed by atoms with E-state index in [1.165, 1.54) is 36.1 Å². The second kappa shape index (κ2) is 12.1. The lowest BCUT2D eigenvalue weighted by Gasteiger charge is -2.14. The average molecular weight is 464 g/mol. The Morgan fingerprint density at radius 3 is 2.82 bits per heavy atom. The third kappa shape index (κ3) is 6.35. The Morgan fingerprint density at radius 1 is 1.33 bits per heavy atom. The normalized spacial score (nSPS) is 15.1. The first-order valence-electron chi connectivity index (χ1n) is 11.2. The number of likely N-dealkylation sites (tertiary alicyclic amines) is 1. The number of nitrogens with zero attached hydrogens (tertiary/aromatic N) is 3. The van der Waals surface area contributed by atoms with Gasteiger partial charge in [-0.05, 0) is 69.9 Å². The predicted octanol–water partition coefficient (Wildman–Crippen LogP) is 1.23. The molecule has 2 aromatic rings. The van der Waals surface area contributed by atoms with E-state index >= 15 is 0 Å². The quantitative estimate of drug-likeness (QED) is 0.546. The van der Waals surface area contributed by atoms with Gasteiger partial charge in [0.2, 0.25) is 0 Å². The summed E-state index contributed by atoms with van der Waals surface area (Å²) in [7, 11) is 0. The van der Waals surface area contributed by atoms with E-state index in [0.29, 0.717) is 15.7 Å². The van der Waals surface area contributed by atoms with Gasteiger partial charge < -0.3 is 15.5 Å². The van der Waals surface area contributed by atoms with Crippen LogP contribution in [0.5, 0.6) is 0 Å². The first-order valence-corrected chi connectivity index (χ1v) is 12.0. The Morgan fingerprint density at radius 2 is 2.12 bits per heavy atom. The van der Waals surface area contributed by atoms with Gasteiger partial charge >= 0.3 is 0 Å². The molecule has 1 amide bonds. The summed E-state index contributed by atoms with van der Waals surface area (Å²) in [4.78, 5) is 27.7. The lowest BCUT2D eigenvalue weighted by molar-refractivity contribution is -0.115. The summed E-state index contributed by atoms with van der Waals surface area (Å²) < 4.78 is 2.17. The number of hydrogen-bond donors (Lipinski definition) is 2. The van der Waals surface area contributed by atoms with Crippen LogP contribution < -0.4 is 25.4 Å². The number of nitrogens with one attached hydrogen (secondary N) is 2. The molecule has 0 unspecified atom stereocenters. The van der Waals surface area contributed by atoms with E-state index in [9.17, 15) is 14.9 Å². The van der Waals surface area contributed by atoms with Crippen LogP contribution in [0.4, 0.5) is 5.69 Å². The highest BCUT2D eigenvalue weighted by molar-refractivity contribution is 7.07. The van der Waals surface area contributed by atoms with Crippen molar-refractivity contribution in [2.75, 3.05) is 31.5 Å². The number of benzene rings is 1. The van der Waals surface area contributed by atoms with Gasteiger partial charge in [0.05, 0.1) is 6.54 Å². The van der Waals surface area contributed by atoms with Gasteiger partial charge in [-0.2, -0.15) is 5.26 Å². The van der Waals surface area contributed by atoms with Gasteiger partial charge in [0.15, 0.2) is 5.57 Å². The van der Waals surface area contributed by atoms with Crippen molar-refractivity contribution in [3.05, 3.63) is 49.4 Å². The van der Waals surface area contributed by atoms with Crippen molar-refractivity contribution >= 4 is 34.7 Å². The van der Waals surface area contributed by atoms with E-state index in [2.05, 4.69) is 33.6 Å². The lowest BCUT2D eigenvalue weighted by atomic mass is 10.1. The number of thiazole rings is 1. The fourth-order valence-corrected chi connectivity index (χ4v) is 4.97. The van der Waals surface area contributed by atoms with Crippen molar-refractivity contribution in [3.8, 4) is 18.4 Å². The van der Waals surface area contributed by atoms with Crippen LogP contribution in [-0.2, 0) is 17.8 Å². The standard InChI is InChI=1S/C25H29N5O2S/c1-3-12-27-23(31)21(17-26)25-30(4-2)24(32)22(33-25)18-28-20-11-7-9-19(16-20)10-8-15-29-13-5-6-14-29/h1,7,9,11,16,18,28H,4-6,8,10,12-15H2,2H3,(H,27,31)/b22-18+,25-21-. The number of amides is 1. The zero-order valence-corrected chi connectivity index (χ0v) is 19.7. The molecule has 0 radical (unpaired) electrons. The van der Waals surface area contributed by atoms with E-state index in [1.807, 2.05) is 18.2 Å². The summed E-state index contributed by atoms with van der Waals surface area (Å²) in [5.74, 6) is 1.72. The first kappa shape index (κ1) is 24.3. The summed E-state index contributed by atoms with van der Waals surface area (Å²) in [6, 6.07) is 10.1. The van der Waals surface area contributed by atoms with Crippen molar-refractivity contribution < 1.29 is 4.79 Å². The molecule has 2 heterocycles. The van der Waals surface area contributed by atoms with Crippen molar-refractivity contribution in [2.24, 2.45) is 0 Å². The smallest absolute Gasteiger partial charge is 0.270 e. The number of anilines is 1. The fraction of sp³-hybridized carbons (Fsp3) is 0.400. The van der Waals surface area contributed by atoms with Crippen LogP contribution in [0, 0.1) is 23.7 Å². The second-order valence-electron chi connectivity index (χ2n) is 7.84. The minimum absolute atomic E-state index is 0.0145. The maximum atomic E-state index is 12.8. The van der Waals surface area contributed by atoms with Crippen LogP contribution in [-0.4, -0.2) is 41.6 Å². The minimum Gasteiger partial charge on any atom is -0.360 e. The molecule has 1 fully saturated rings. The van der Waals surface area contributed by atoms with Crippen LogP contribution in [0.3, 0.4) is 0 Å². The maximum absolute atomic E-state index is 12.8. The van der Waals surface area contributed by atoms with Gasteiger partial charge in [0.25, 0.3) is 11.5 Å². The molecule has 0 aliphatic carbocycles. The molecule has 1 aliphatic heterocycles. The molecule has 0 saturated carbocycles. The molecular formula is C25H29N5O2S. The maximum Gasteiger partial charge on any atom is 0.270 e. The summed E-state index contributed by atoms with van der Waals surface area (Å²) in [5.41, 5.74) is 1.77. The largest absolute Gasteiger partial charge is 0.360 e. The van der Waals surface area contributed by atoms with Crippen LogP contribution in [0.25, 0.3) is 11.8 Å². The number of carbonyl (C=O) groups excluding carboxylic acids is 1. The zero-order chi connectivity index (χ0) is 23.6. The zero-order valence-electron chi connectivity index (χ0n) is 18.9. The number of hydrogen-bond acceptors (Lipinski definition) is 6. The highest BCUT2D eigenvalue weighted by Gasteiger charge is 2.14. The number of aromatic nitrogens is 1. The van der Waals surface area contributed by atoms with E-state index in [0.717, 1.165) is 36.4 Å². The molecule has 0 bridgehead atoms. The molecule has 1 aromatic carbocycles. The molecule has 0 spiro atoms. The Balaban J connectivity index is 1.79. The van der Waals surface area contributed by atoms with Gasteiger partial charge in [-0.25, -0.2) is 0 Å². The number of nitriles is 1. The van der Waals surface area contributed by atoms with Gasteiger partial charge in [-0.1, -0.05) is 18.1 Å². The average Bonchev–Trinajstić information content (AvgIpc) is 3.45. The van der Waals surface area contributed by atoms with Crippen molar-refractivity contribution in [3.63, 3.8) is 0 Å². The number of aryl methyl sites for hydroxylation is 1. The second-order valence-corrected chi connectivity index (χ2v) is 8.87. The molecule has 8 heteroatoms. The van der Waals surface area contributed by atoms with Crippen molar-refractivity contribution in [2.45, 2.75) is 39.2 Å². The molecule has 1 saturated heterocycles. The summed E-state index contributed by atoms with van der Waals surface area (Å²) in [6.07, 6.45) is 11.6. The number of carbonyl (C=O) groups is 1. The molecule has 172 valence electrons. The molecular weight excluding hydrogens is 434 g/mol. The van der Waals surface area contributed by atoms with Crippen LogP contribution in [0.1, 0.15) is 31.7 Å². The summed E-state index contributed by atoms with van der Waals surface area (Å²) in [5, 5.41) is 15.2. The van der Waals surface area contributed by atoms with E-state index in [-0.39, 0.29) is 17.7 Å². The van der Waals surface area contributed by atoms with Gasteiger partial charge in [-0.15, -0.1) is 17.8 Å². The summed E-state index contributed by atoms with van der Waals surface area (Å²) in [6.45, 7) is 5.72. The Hall–Kier alpha value is -3.33. The monoisotopic (exact) mass is 463 g/mol. The summed E-state index contributed by atoms with van der Waals surface area (Å²) >= 11 is 1.11. The highest BCUT2D eigenvalue weighted by atomic mass is 32.1. The first-order chi connectivity index (χ1) is 16.1. The SMILES string of the molecule is C#CCNC(=O)/C(C#N)=c1\s/c(=C/Nc2cccc(CCCN3CCCC3)c2)c(=O)n1CC. The molecule has 0 atom stereocenters. The Kier molecular flexibility index (Phi) is 8.88. The molecule has 2 N–H and O–H groups in total. The Labute approximate surface area is 198 Å². The predicted molar refractivity (Wildman–Crippen MR) is 133 cm³/mol. The third-order valence-corrected chi connectivity index (χ3v) is 6.69. The molecule has 3 rings (SSSR count). The number of terminal acetylenes is 1. The molecule has 1 aliphatic rings. The molecule has 1 aromatic heterocycles. The highest BCUT2D eigenvalue weighted by Crippen LogP contribution is 2.14. The van der Waals surface area contributed by atoms with E-state index < -0.39 is 5.91 Å². The van der Waals surface area contributed by atoms with Gasteiger partial charge in [-0.3, -0.25) is 14.2 Å². The topological polar surface area (TPSA) is 90.2 Å². The molecule has 33 heavy (non-hydrogen) atoms. The van der Waals surface area contributed by atoms with Crippen LogP contribution in [0.2, 0.25) is 0 Å². The fourth-order valence-electron chi connectivity index (χ4n) is 3.89. The Bertz CT molecular complexity index is 1240. The number of rotatable bonds is 9. The lowest BCUT2D eigenvalue weighted by Crippen LogP contribution is -2.34. The van der Waals surface area contributed by atoms with Gasteiger partial charge in [0, 0.05) is 18.4 Å². The van der Waals surface area contributed by atoms with E-state index in [4.69, 9.17) is 6.42 Å². The minimum atomic E-state index is -0.583. The van der Waals surface area contributed by atoms with E-state index in [1.54, 1.807) is 13.1 Å².